The van der Waals surface area contributed by atoms with E-state index in [2.05, 4.69) is 32.1 Å². The predicted molar refractivity (Wildman–Crippen MR) is 440 cm³/mol. The summed E-state index contributed by atoms with van der Waals surface area (Å²) < 4.78 is 165. The van der Waals surface area contributed by atoms with Crippen LogP contribution in [0.25, 0.3) is 133 Å². The summed E-state index contributed by atoms with van der Waals surface area (Å²) >= 11 is 0. The molecule has 0 radical (unpaired) electrons. The molecule has 2 aliphatic carbocycles. The van der Waals surface area contributed by atoms with E-state index in [1.165, 1.54) is 0 Å². The van der Waals surface area contributed by atoms with Crippen LogP contribution in [0.2, 0.25) is 0 Å². The van der Waals surface area contributed by atoms with Crippen LogP contribution in [0.5, 0.6) is 0 Å². The van der Waals surface area contributed by atoms with E-state index in [-0.39, 0.29) is 22.3 Å². The van der Waals surface area contributed by atoms with Crippen molar-refractivity contribution in [3.8, 4) is 45.0 Å². The molecule has 16 aromatic rings. The average Bonchev–Trinajstić information content (AvgIpc) is 1.57. The summed E-state index contributed by atoms with van der Waals surface area (Å²) in [5.41, 5.74) is 22.4. The highest BCUT2D eigenvalue weighted by Gasteiger charge is 2.30. The standard InChI is InChI=1S/2C25H27N2O.2C23H25N2O/c1-15-13-16(2)23(24-22(15)20-10-9-17(3)26-25(20)28-24)21-14-19(11-12-27(21)4)18-7-5-6-8-18;1-15-9-10-20-22-16(2)13-17(3)26-25(22)28-24(20)23(15)21-14-19(11-12-27(21)4)18-7-5-6-8-18;1-13(2)17-9-10-25(6)19(12-17)21-15(4)11-14(3)20-18-8-7-16(5)24-23(18)26-22(20)21;1-13(2)17-9-10-25(6)19(12-17)21-14(3)7-8-18-20-15(4)11-16(5)24-23(20)26-22(18)21/h2*9-14,18H,5-8H2,1-4H3;2*7-13H,1-6H3/q4*+1/i1D3,18D;2D3,18D;3D3,13D;4D3,13D. The van der Waals surface area contributed by atoms with Crippen molar-refractivity contribution in [2.24, 2.45) is 28.2 Å². The third-order valence-corrected chi connectivity index (χ3v) is 21.8. The van der Waals surface area contributed by atoms with Crippen molar-refractivity contribution < 1.29 is 57.9 Å². The van der Waals surface area contributed by atoms with Crippen molar-refractivity contribution in [3.63, 3.8) is 0 Å². The summed E-state index contributed by atoms with van der Waals surface area (Å²) in [6, 6.07) is 38.2. The van der Waals surface area contributed by atoms with E-state index in [9.17, 15) is 0 Å². The largest absolute Gasteiger partial charge is 0.437 e. The molecule has 12 nitrogen and oxygen atoms in total. The minimum Gasteiger partial charge on any atom is -0.437 e. The first-order valence-electron chi connectivity index (χ1n) is 45.3. The number of rotatable bonds is 8. The van der Waals surface area contributed by atoms with Gasteiger partial charge < -0.3 is 17.7 Å². The van der Waals surface area contributed by atoms with Crippen LogP contribution in [0.1, 0.15) is 214 Å². The number of fused-ring (bicyclic) bond motifs is 12. The van der Waals surface area contributed by atoms with Crippen LogP contribution >= 0.6 is 0 Å². The van der Waals surface area contributed by atoms with Crippen LogP contribution in [-0.4, -0.2) is 19.9 Å². The number of pyridine rings is 8. The van der Waals surface area contributed by atoms with Gasteiger partial charge in [-0.1, -0.05) is 89.8 Å². The Hall–Kier alpha value is -10.7. The second kappa shape index (κ2) is 29.1. The van der Waals surface area contributed by atoms with Crippen LogP contribution in [0.15, 0.2) is 164 Å². The number of hydrogen-bond donors (Lipinski definition) is 0. The van der Waals surface area contributed by atoms with Gasteiger partial charge in [-0.2, -0.15) is 0 Å². The van der Waals surface area contributed by atoms with Gasteiger partial charge in [0.2, 0.25) is 45.6 Å². The third kappa shape index (κ3) is 13.4. The fourth-order valence-corrected chi connectivity index (χ4v) is 16.0. The van der Waals surface area contributed by atoms with Gasteiger partial charge in [0.25, 0.3) is 0 Å². The first-order valence-corrected chi connectivity index (χ1v) is 37.3. The minimum atomic E-state index is -2.28. The van der Waals surface area contributed by atoms with Crippen molar-refractivity contribution >= 4 is 88.3 Å². The van der Waals surface area contributed by atoms with Crippen LogP contribution in [-0.2, 0) is 28.2 Å². The molecular weight excluding hydrogens is 1330 g/mol. The second-order valence-electron chi connectivity index (χ2n) is 30.2. The molecule has 548 valence electrons. The van der Waals surface area contributed by atoms with Crippen molar-refractivity contribution in [1.82, 2.24) is 19.9 Å². The molecule has 2 aliphatic rings. The zero-order valence-electron chi connectivity index (χ0n) is 80.7. The summed E-state index contributed by atoms with van der Waals surface area (Å²) in [5, 5.41) is 5.17. The summed E-state index contributed by atoms with van der Waals surface area (Å²) in [6.07, 6.45) is 15.7. The summed E-state index contributed by atoms with van der Waals surface area (Å²) in [4.78, 5) is 18.0. The zero-order valence-corrected chi connectivity index (χ0v) is 64.7. The number of aryl methyl sites for hydroxylation is 16. The van der Waals surface area contributed by atoms with Gasteiger partial charge in [-0.25, -0.2) is 38.2 Å². The van der Waals surface area contributed by atoms with E-state index in [1.807, 2.05) is 225 Å². The highest BCUT2D eigenvalue weighted by atomic mass is 16.4. The number of nitrogens with zero attached hydrogens (tertiary/aromatic N) is 8. The third-order valence-electron chi connectivity index (χ3n) is 21.8. The first kappa shape index (κ1) is 55.7. The quantitative estimate of drug-likeness (QED) is 0.138. The number of aromatic nitrogens is 8. The Morgan fingerprint density at radius 2 is 0.667 bits per heavy atom. The van der Waals surface area contributed by atoms with Gasteiger partial charge in [-0.15, -0.1) is 0 Å². The molecule has 12 heterocycles. The normalized spacial score (nSPS) is 17.0. The number of hydrogen-bond acceptors (Lipinski definition) is 8. The monoisotopic (exact) mass is 1450 g/mol. The van der Waals surface area contributed by atoms with Crippen LogP contribution < -0.4 is 18.3 Å². The molecule has 0 atom stereocenters. The summed E-state index contributed by atoms with van der Waals surface area (Å²) in [7, 11) is 7.84. The highest BCUT2D eigenvalue weighted by molar-refractivity contribution is 6.13. The lowest BCUT2D eigenvalue weighted by Crippen LogP contribution is -2.31. The Morgan fingerprint density at radius 3 is 1.04 bits per heavy atom. The topological polar surface area (TPSA) is 120 Å². The van der Waals surface area contributed by atoms with Gasteiger partial charge in [-0.3, -0.25) is 0 Å². The zero-order chi connectivity index (χ0) is 89.7. The lowest BCUT2D eigenvalue weighted by atomic mass is 9.93. The van der Waals surface area contributed by atoms with Crippen LogP contribution in [0, 0.1) is 82.8 Å². The van der Waals surface area contributed by atoms with E-state index < -0.39 is 51.0 Å². The molecule has 2 fully saturated rings. The van der Waals surface area contributed by atoms with Crippen molar-refractivity contribution in [3.05, 3.63) is 236 Å². The minimum absolute atomic E-state index is 0.254. The second-order valence-corrected chi connectivity index (χ2v) is 30.2. The number of furan rings is 4. The molecule has 0 N–H and O–H groups in total. The smallest absolute Gasteiger partial charge is 0.227 e. The fourth-order valence-electron chi connectivity index (χ4n) is 16.0. The molecule has 0 amide bonds. The van der Waals surface area contributed by atoms with E-state index in [4.69, 9.17) is 39.6 Å². The van der Waals surface area contributed by atoms with Gasteiger partial charge in [0.05, 0.1) is 33.0 Å². The molecule has 108 heavy (non-hydrogen) atoms. The summed E-state index contributed by atoms with van der Waals surface area (Å²) in [5.74, 6) is -2.63. The molecule has 0 unspecified atom stereocenters. The van der Waals surface area contributed by atoms with Gasteiger partial charge >= 0.3 is 0 Å². The Kier molecular flexibility index (Phi) is 15.0. The SMILES string of the molecule is [2H]C([2H])([2H])c1cc(C)c(-c2cc(C([2H])(C)C)cc[n+]2C)c2oc3nc(C)ccc3c12.[2H]C([2H])([2H])c1cc(C)c(-c2cc(C3([2H])CCCC3)cc[n+]2C)c2oc3nc(C)ccc3c12.[2H]C([2H])([2H])c1cc(C)nc2oc3c(-c4cc(C([2H])(C)C)cc[n+]4C)c(C)ccc3c12.[2H]C([2H])([2H])c1cc(C)nc2oc3c(-c4cc(C5([2H])CCCC5)cc[n+]4C)c(C)ccc3c12. The maximum atomic E-state index is 8.98. The van der Waals surface area contributed by atoms with Gasteiger partial charge in [0.15, 0.2) is 47.1 Å². The molecule has 12 heteroatoms. The number of benzene rings is 4. The van der Waals surface area contributed by atoms with Crippen LogP contribution in [0.3, 0.4) is 0 Å². The Bertz CT molecular complexity index is 6980. The molecule has 0 aliphatic heterocycles. The van der Waals surface area contributed by atoms with E-state index in [1.54, 1.807) is 38.1 Å². The van der Waals surface area contributed by atoms with Gasteiger partial charge in [-0.05, 0) is 235 Å². The Morgan fingerprint density at radius 1 is 0.343 bits per heavy atom. The van der Waals surface area contributed by atoms with E-state index >= 15 is 0 Å². The molecule has 4 aromatic carbocycles. The molecule has 0 spiro atoms. The lowest BCUT2D eigenvalue weighted by Gasteiger charge is -2.12. The molecule has 0 bridgehead atoms. The van der Waals surface area contributed by atoms with Crippen LogP contribution in [0.4, 0.5) is 0 Å². The maximum absolute atomic E-state index is 8.98. The highest BCUT2D eigenvalue weighted by Crippen LogP contribution is 2.45. The molecule has 2 saturated carbocycles. The lowest BCUT2D eigenvalue weighted by molar-refractivity contribution is -0.660. The van der Waals surface area contributed by atoms with Crippen molar-refractivity contribution in [2.75, 3.05) is 0 Å². The van der Waals surface area contributed by atoms with Crippen molar-refractivity contribution in [2.45, 2.75) is 185 Å². The van der Waals surface area contributed by atoms with Crippen molar-refractivity contribution in [1.29, 1.82) is 0 Å². The van der Waals surface area contributed by atoms with Gasteiger partial charge in [0, 0.05) is 126 Å². The molecule has 12 aromatic heterocycles. The van der Waals surface area contributed by atoms with Gasteiger partial charge in [0.1, 0.15) is 28.2 Å². The summed E-state index contributed by atoms with van der Waals surface area (Å²) in [6.45, 7) is 13.5. The maximum Gasteiger partial charge on any atom is 0.227 e. The van der Waals surface area contributed by atoms with E-state index in [0.717, 1.165) is 163 Å². The predicted octanol–water partition coefficient (Wildman–Crippen LogP) is 23.2. The molecular formula is C96H104N8O4+4. The molecule has 0 saturated heterocycles. The first-order chi connectivity index (χ1) is 57.9. The molecule has 18 rings (SSSR count). The Labute approximate surface area is 657 Å². The average molecular weight is 1450 g/mol. The van der Waals surface area contributed by atoms with E-state index in [0.29, 0.717) is 88.9 Å². The fraction of sp³-hybridized carbons (Fsp3) is 0.333. The Balaban J connectivity index is 0.000000128.